The highest BCUT2D eigenvalue weighted by atomic mass is 16.6. The first-order valence-electron chi connectivity index (χ1n) is 15.3. The van der Waals surface area contributed by atoms with E-state index in [1.54, 1.807) is 6.20 Å². The zero-order valence-electron chi connectivity index (χ0n) is 25.0. The number of ether oxygens (including phenoxy) is 1. The van der Waals surface area contributed by atoms with Crippen molar-refractivity contribution in [1.29, 1.82) is 5.26 Å². The largest absolute Gasteiger partial charge is 0.444 e. The molecule has 0 bridgehead atoms. The highest BCUT2D eigenvalue weighted by Crippen LogP contribution is 2.33. The van der Waals surface area contributed by atoms with E-state index in [9.17, 15) is 10.1 Å². The lowest BCUT2D eigenvalue weighted by atomic mass is 9.88. The lowest BCUT2D eigenvalue weighted by molar-refractivity contribution is 0.0489. The Kier molecular flexibility index (Phi) is 8.98. The molecule has 3 aliphatic rings. The van der Waals surface area contributed by atoms with Gasteiger partial charge < -0.3 is 25.2 Å². The molecule has 0 radical (unpaired) electrons. The summed E-state index contributed by atoms with van der Waals surface area (Å²) in [5.74, 6) is 1.72. The van der Waals surface area contributed by atoms with Crippen LogP contribution >= 0.6 is 0 Å². The van der Waals surface area contributed by atoms with Crippen LogP contribution in [0.3, 0.4) is 0 Å². The summed E-state index contributed by atoms with van der Waals surface area (Å²) in [5.41, 5.74) is 1.97. The van der Waals surface area contributed by atoms with Crippen LogP contribution in [0.1, 0.15) is 96.2 Å². The van der Waals surface area contributed by atoms with Crippen LogP contribution in [0.5, 0.6) is 0 Å². The van der Waals surface area contributed by atoms with Crippen LogP contribution in [0.2, 0.25) is 0 Å². The van der Waals surface area contributed by atoms with E-state index in [-0.39, 0.29) is 17.8 Å². The number of nitrogens with one attached hydrogen (secondary N) is 2. The van der Waals surface area contributed by atoms with E-state index in [1.165, 1.54) is 57.2 Å². The maximum atomic E-state index is 12.4. The molecule has 2 atom stereocenters. The molecule has 2 aliphatic heterocycles. The van der Waals surface area contributed by atoms with Gasteiger partial charge in [0.1, 0.15) is 17.5 Å². The molecular weight excluding hydrogens is 514 g/mol. The van der Waals surface area contributed by atoms with Gasteiger partial charge >= 0.3 is 6.09 Å². The first-order chi connectivity index (χ1) is 19.7. The van der Waals surface area contributed by atoms with Crippen LogP contribution in [-0.2, 0) is 4.74 Å². The Labute approximate surface area is 244 Å². The van der Waals surface area contributed by atoms with E-state index in [0.29, 0.717) is 17.6 Å². The molecule has 5 rings (SSSR count). The average molecular weight is 560 g/mol. The van der Waals surface area contributed by atoms with Crippen LogP contribution < -0.4 is 15.5 Å². The zero-order valence-corrected chi connectivity index (χ0v) is 25.0. The van der Waals surface area contributed by atoms with Gasteiger partial charge in [0.15, 0.2) is 11.5 Å². The van der Waals surface area contributed by atoms with Crippen LogP contribution in [0, 0.1) is 11.3 Å². The van der Waals surface area contributed by atoms with Gasteiger partial charge in [-0.2, -0.15) is 5.26 Å². The number of hydrogen-bond acceptors (Lipinski definition) is 8. The van der Waals surface area contributed by atoms with E-state index >= 15 is 0 Å². The summed E-state index contributed by atoms with van der Waals surface area (Å²) in [6.07, 6.45) is 11.0. The Bertz CT molecular complexity index is 1220. The van der Waals surface area contributed by atoms with Gasteiger partial charge in [-0.1, -0.05) is 25.0 Å². The zero-order chi connectivity index (χ0) is 29.0. The molecule has 3 heterocycles. The molecule has 220 valence electrons. The van der Waals surface area contributed by atoms with Crippen molar-refractivity contribution in [1.82, 2.24) is 20.2 Å². The number of benzene rings is 1. The summed E-state index contributed by atoms with van der Waals surface area (Å²) >= 11 is 0. The smallest absolute Gasteiger partial charge is 0.407 e. The summed E-state index contributed by atoms with van der Waals surface area (Å²) in [4.78, 5) is 26.5. The lowest BCUT2D eigenvalue weighted by Gasteiger charge is -2.40. The molecule has 3 fully saturated rings. The number of piperidine rings is 2. The summed E-state index contributed by atoms with van der Waals surface area (Å²) < 4.78 is 5.47. The average Bonchev–Trinajstić information content (AvgIpc) is 3.49. The molecule has 1 aliphatic carbocycles. The van der Waals surface area contributed by atoms with E-state index in [1.807, 2.05) is 20.8 Å². The van der Waals surface area contributed by atoms with Crippen molar-refractivity contribution >= 4 is 23.4 Å². The van der Waals surface area contributed by atoms with Gasteiger partial charge in [0.2, 0.25) is 0 Å². The van der Waals surface area contributed by atoms with Gasteiger partial charge in [0.25, 0.3) is 0 Å². The molecular formula is C32H45N7O2. The third-order valence-electron chi connectivity index (χ3n) is 8.87. The fourth-order valence-electron chi connectivity index (χ4n) is 6.65. The molecule has 41 heavy (non-hydrogen) atoms. The van der Waals surface area contributed by atoms with Crippen LogP contribution in [0.15, 0.2) is 30.5 Å². The third kappa shape index (κ3) is 7.28. The number of amides is 1. The van der Waals surface area contributed by atoms with Gasteiger partial charge in [-0.25, -0.2) is 14.8 Å². The van der Waals surface area contributed by atoms with E-state index < -0.39 is 11.7 Å². The minimum absolute atomic E-state index is 0.00859. The fourth-order valence-corrected chi connectivity index (χ4v) is 6.65. The lowest BCUT2D eigenvalue weighted by Crippen LogP contribution is -2.55. The van der Waals surface area contributed by atoms with Gasteiger partial charge in [-0.05, 0) is 103 Å². The van der Waals surface area contributed by atoms with Crippen molar-refractivity contribution in [2.75, 3.05) is 29.9 Å². The van der Waals surface area contributed by atoms with Gasteiger partial charge in [-0.15, -0.1) is 0 Å². The Morgan fingerprint density at radius 3 is 2.39 bits per heavy atom. The number of carbonyl (C=O) groups is 1. The van der Waals surface area contributed by atoms with E-state index in [0.717, 1.165) is 31.1 Å². The topological polar surface area (TPSA) is 106 Å². The number of anilines is 3. The SMILES string of the molecule is CC1C(NC(=O)OC(C)(C)C)CCCN1c1cnc(C#N)c(Nc2ccc(C3CCN(C4CCCC4)CC3)cc2)n1. The number of nitrogens with zero attached hydrogens (tertiary/aromatic N) is 5. The first-order valence-corrected chi connectivity index (χ1v) is 15.3. The summed E-state index contributed by atoms with van der Waals surface area (Å²) in [6.45, 7) is 10.8. The molecule has 1 aromatic heterocycles. The molecule has 2 saturated heterocycles. The second-order valence-electron chi connectivity index (χ2n) is 12.9. The molecule has 2 unspecified atom stereocenters. The molecule has 9 heteroatoms. The van der Waals surface area contributed by atoms with Crippen LogP contribution in [0.25, 0.3) is 0 Å². The third-order valence-corrected chi connectivity index (χ3v) is 8.87. The molecule has 0 spiro atoms. The van der Waals surface area contributed by atoms with Crippen LogP contribution in [-0.4, -0.2) is 64.3 Å². The van der Waals surface area contributed by atoms with Crippen molar-refractivity contribution in [2.45, 2.75) is 109 Å². The first kappa shape index (κ1) is 29.1. The number of nitriles is 1. The predicted octanol–water partition coefficient (Wildman–Crippen LogP) is 6.10. The number of alkyl carbamates (subject to hydrolysis) is 1. The molecule has 1 amide bonds. The molecule has 2 N–H and O–H groups in total. The molecule has 9 nitrogen and oxygen atoms in total. The minimum atomic E-state index is -0.550. The summed E-state index contributed by atoms with van der Waals surface area (Å²) in [6, 6.07) is 11.5. The Hall–Kier alpha value is -3.38. The molecule has 1 aromatic carbocycles. The molecule has 2 aromatic rings. The minimum Gasteiger partial charge on any atom is -0.444 e. The van der Waals surface area contributed by atoms with Gasteiger partial charge in [-0.3, -0.25) is 0 Å². The Balaban J connectivity index is 1.23. The maximum absolute atomic E-state index is 12.4. The highest BCUT2D eigenvalue weighted by molar-refractivity contribution is 5.68. The number of hydrogen-bond donors (Lipinski definition) is 2. The number of aromatic nitrogens is 2. The number of carbonyl (C=O) groups excluding carboxylic acids is 1. The van der Waals surface area contributed by atoms with Crippen molar-refractivity contribution in [3.63, 3.8) is 0 Å². The Morgan fingerprint density at radius 1 is 1.02 bits per heavy atom. The van der Waals surface area contributed by atoms with E-state index in [4.69, 9.17) is 9.72 Å². The quantitative estimate of drug-likeness (QED) is 0.438. The van der Waals surface area contributed by atoms with Crippen molar-refractivity contribution in [2.24, 2.45) is 0 Å². The van der Waals surface area contributed by atoms with Gasteiger partial charge in [0.05, 0.1) is 12.2 Å². The predicted molar refractivity (Wildman–Crippen MR) is 161 cm³/mol. The second-order valence-corrected chi connectivity index (χ2v) is 12.9. The van der Waals surface area contributed by atoms with Crippen LogP contribution in [0.4, 0.5) is 22.1 Å². The van der Waals surface area contributed by atoms with E-state index in [2.05, 4.69) is 62.7 Å². The second kappa shape index (κ2) is 12.6. The Morgan fingerprint density at radius 2 is 1.73 bits per heavy atom. The number of rotatable bonds is 6. The van der Waals surface area contributed by atoms with Crippen molar-refractivity contribution in [3.05, 3.63) is 41.7 Å². The number of likely N-dealkylation sites (tertiary alicyclic amines) is 1. The summed E-state index contributed by atoms with van der Waals surface area (Å²) in [5, 5.41) is 16.1. The van der Waals surface area contributed by atoms with Crippen molar-refractivity contribution in [3.8, 4) is 6.07 Å². The standard InChI is InChI=1S/C32H45N7O2/c1-22-27(36-31(40)41-32(2,3)4)10-7-17-39(22)29-21-34-28(20-33)30(37-29)35-25-13-11-23(12-14-25)24-15-18-38(19-16-24)26-8-5-6-9-26/h11-14,21-22,24,26-27H,5-10,15-19H2,1-4H3,(H,35,37)(H,36,40). The summed E-state index contributed by atoms with van der Waals surface area (Å²) in [7, 11) is 0. The molecule has 1 saturated carbocycles. The highest BCUT2D eigenvalue weighted by Gasteiger charge is 2.32. The monoisotopic (exact) mass is 559 g/mol. The van der Waals surface area contributed by atoms with Crippen molar-refractivity contribution < 1.29 is 9.53 Å². The normalized spacial score (nSPS) is 22.8. The maximum Gasteiger partial charge on any atom is 0.407 e. The fraction of sp³-hybridized carbons (Fsp3) is 0.625. The van der Waals surface area contributed by atoms with Gasteiger partial charge in [0, 0.05) is 24.3 Å².